The van der Waals surface area contributed by atoms with E-state index in [0.29, 0.717) is 0 Å². The fraction of sp³-hybridized carbons (Fsp3) is 0.625. The van der Waals surface area contributed by atoms with E-state index in [4.69, 9.17) is 4.74 Å². The highest BCUT2D eigenvalue weighted by atomic mass is 79.9. The van der Waals surface area contributed by atoms with E-state index in [1.165, 1.54) is 6.42 Å². The first-order valence-electron chi connectivity index (χ1n) is 7.10. The lowest BCUT2D eigenvalue weighted by molar-refractivity contribution is 0.0959. The second-order valence-electron chi connectivity index (χ2n) is 6.02. The standard InChI is InChI=1S/C16H23BrO2/c1-10-6-11(2)8-14(7-10)19-16-9-13(17)4-5-15(16)12(3)18/h4-5,9-12,14,18H,6-8H2,1-3H3. The molecule has 1 aliphatic carbocycles. The fourth-order valence-corrected chi connectivity index (χ4v) is 3.44. The van der Waals surface area contributed by atoms with Crippen LogP contribution in [0.5, 0.6) is 5.75 Å². The first kappa shape index (κ1) is 14.9. The number of benzene rings is 1. The van der Waals surface area contributed by atoms with E-state index in [1.54, 1.807) is 6.92 Å². The van der Waals surface area contributed by atoms with Crippen LogP contribution in [0.4, 0.5) is 0 Å². The third-order valence-electron chi connectivity index (χ3n) is 3.85. The summed E-state index contributed by atoms with van der Waals surface area (Å²) in [7, 11) is 0. The Balaban J connectivity index is 2.15. The molecule has 0 spiro atoms. The van der Waals surface area contributed by atoms with E-state index in [0.717, 1.165) is 40.5 Å². The van der Waals surface area contributed by atoms with Gasteiger partial charge in [-0.1, -0.05) is 35.8 Å². The Labute approximate surface area is 124 Å². The average Bonchev–Trinajstić information content (AvgIpc) is 2.26. The van der Waals surface area contributed by atoms with Crippen LogP contribution >= 0.6 is 15.9 Å². The minimum atomic E-state index is -0.499. The molecular formula is C16H23BrO2. The van der Waals surface area contributed by atoms with Gasteiger partial charge in [-0.05, 0) is 50.2 Å². The Morgan fingerprint density at radius 1 is 1.21 bits per heavy atom. The van der Waals surface area contributed by atoms with Gasteiger partial charge in [0.2, 0.25) is 0 Å². The SMILES string of the molecule is CC1CC(C)CC(Oc2cc(Br)ccc2C(C)O)C1. The summed E-state index contributed by atoms with van der Waals surface area (Å²) >= 11 is 3.47. The number of aliphatic hydroxyl groups excluding tert-OH is 1. The van der Waals surface area contributed by atoms with Crippen molar-refractivity contribution in [3.63, 3.8) is 0 Å². The summed E-state index contributed by atoms with van der Waals surface area (Å²) < 4.78 is 7.17. The molecule has 1 N–H and O–H groups in total. The smallest absolute Gasteiger partial charge is 0.126 e. The fourth-order valence-electron chi connectivity index (χ4n) is 3.10. The highest BCUT2D eigenvalue weighted by Crippen LogP contribution is 2.35. The highest BCUT2D eigenvalue weighted by Gasteiger charge is 2.26. The molecular weight excluding hydrogens is 304 g/mol. The molecule has 1 aromatic carbocycles. The summed E-state index contributed by atoms with van der Waals surface area (Å²) in [6.45, 7) is 6.37. The lowest BCUT2D eigenvalue weighted by Crippen LogP contribution is -2.28. The molecule has 106 valence electrons. The summed E-state index contributed by atoms with van der Waals surface area (Å²) in [5.41, 5.74) is 0.870. The second-order valence-corrected chi connectivity index (χ2v) is 6.93. The van der Waals surface area contributed by atoms with Crippen LogP contribution in [-0.2, 0) is 0 Å². The zero-order chi connectivity index (χ0) is 14.0. The van der Waals surface area contributed by atoms with Crippen LogP contribution in [0.2, 0.25) is 0 Å². The van der Waals surface area contributed by atoms with Crippen molar-refractivity contribution >= 4 is 15.9 Å². The molecule has 1 saturated carbocycles. The van der Waals surface area contributed by atoms with Gasteiger partial charge in [-0.25, -0.2) is 0 Å². The Hall–Kier alpha value is -0.540. The second kappa shape index (κ2) is 6.27. The van der Waals surface area contributed by atoms with Crippen molar-refractivity contribution in [2.24, 2.45) is 11.8 Å². The molecule has 1 aliphatic rings. The Morgan fingerprint density at radius 2 is 1.84 bits per heavy atom. The van der Waals surface area contributed by atoms with Crippen LogP contribution in [0.15, 0.2) is 22.7 Å². The van der Waals surface area contributed by atoms with Crippen LogP contribution in [0.3, 0.4) is 0 Å². The van der Waals surface area contributed by atoms with Crippen molar-refractivity contribution in [2.75, 3.05) is 0 Å². The summed E-state index contributed by atoms with van der Waals surface area (Å²) in [5.74, 6) is 2.25. The van der Waals surface area contributed by atoms with E-state index < -0.39 is 6.10 Å². The molecule has 0 saturated heterocycles. The van der Waals surface area contributed by atoms with Crippen molar-refractivity contribution in [1.29, 1.82) is 0 Å². The number of hydrogen-bond donors (Lipinski definition) is 1. The van der Waals surface area contributed by atoms with Crippen LogP contribution < -0.4 is 4.74 Å². The first-order valence-corrected chi connectivity index (χ1v) is 7.89. The van der Waals surface area contributed by atoms with Crippen molar-refractivity contribution in [3.05, 3.63) is 28.2 Å². The molecule has 1 aromatic rings. The van der Waals surface area contributed by atoms with Gasteiger partial charge in [-0.2, -0.15) is 0 Å². The maximum Gasteiger partial charge on any atom is 0.126 e. The quantitative estimate of drug-likeness (QED) is 0.871. The number of halogens is 1. The number of aliphatic hydroxyl groups is 1. The molecule has 0 amide bonds. The van der Waals surface area contributed by atoms with Gasteiger partial charge in [0.25, 0.3) is 0 Å². The Morgan fingerprint density at radius 3 is 2.42 bits per heavy atom. The van der Waals surface area contributed by atoms with Gasteiger partial charge >= 0.3 is 0 Å². The monoisotopic (exact) mass is 326 g/mol. The number of ether oxygens (including phenoxy) is 1. The lowest BCUT2D eigenvalue weighted by Gasteiger charge is -2.32. The van der Waals surface area contributed by atoms with Crippen LogP contribution in [0, 0.1) is 11.8 Å². The van der Waals surface area contributed by atoms with Gasteiger partial charge in [0.15, 0.2) is 0 Å². The Kier molecular flexibility index (Phi) is 4.91. The summed E-state index contributed by atoms with van der Waals surface area (Å²) in [6.07, 6.45) is 3.28. The molecule has 3 heteroatoms. The van der Waals surface area contributed by atoms with Crippen LogP contribution in [-0.4, -0.2) is 11.2 Å². The predicted octanol–water partition coefficient (Wildman–Crippen LogP) is 4.71. The zero-order valence-electron chi connectivity index (χ0n) is 11.9. The van der Waals surface area contributed by atoms with Gasteiger partial charge in [0.1, 0.15) is 5.75 Å². The summed E-state index contributed by atoms with van der Waals surface area (Å²) in [5, 5.41) is 9.83. The minimum Gasteiger partial charge on any atom is -0.490 e. The Bertz CT molecular complexity index is 421. The largest absolute Gasteiger partial charge is 0.490 e. The summed E-state index contributed by atoms with van der Waals surface area (Å²) in [4.78, 5) is 0. The van der Waals surface area contributed by atoms with Crippen LogP contribution in [0.1, 0.15) is 51.7 Å². The minimum absolute atomic E-state index is 0.269. The molecule has 2 nitrogen and oxygen atoms in total. The number of rotatable bonds is 3. The van der Waals surface area contributed by atoms with E-state index in [-0.39, 0.29) is 6.10 Å². The molecule has 3 atom stereocenters. The van der Waals surface area contributed by atoms with E-state index in [2.05, 4.69) is 29.8 Å². The average molecular weight is 327 g/mol. The zero-order valence-corrected chi connectivity index (χ0v) is 13.5. The van der Waals surface area contributed by atoms with Crippen LogP contribution in [0.25, 0.3) is 0 Å². The van der Waals surface area contributed by atoms with E-state index in [9.17, 15) is 5.11 Å². The van der Waals surface area contributed by atoms with Crippen molar-refractivity contribution in [3.8, 4) is 5.75 Å². The molecule has 0 radical (unpaired) electrons. The lowest BCUT2D eigenvalue weighted by atomic mass is 9.82. The first-order chi connectivity index (χ1) is 8.95. The molecule has 0 aromatic heterocycles. The van der Waals surface area contributed by atoms with Gasteiger partial charge in [-0.15, -0.1) is 0 Å². The van der Waals surface area contributed by atoms with Crippen molar-refractivity contribution < 1.29 is 9.84 Å². The molecule has 1 fully saturated rings. The number of hydrogen-bond acceptors (Lipinski definition) is 2. The molecule has 0 aliphatic heterocycles. The maximum absolute atomic E-state index is 9.83. The highest BCUT2D eigenvalue weighted by molar-refractivity contribution is 9.10. The molecule has 3 unspecified atom stereocenters. The van der Waals surface area contributed by atoms with Gasteiger partial charge in [0.05, 0.1) is 12.2 Å². The third kappa shape index (κ3) is 3.96. The van der Waals surface area contributed by atoms with Crippen molar-refractivity contribution in [1.82, 2.24) is 0 Å². The topological polar surface area (TPSA) is 29.5 Å². The summed E-state index contributed by atoms with van der Waals surface area (Å²) in [6, 6.07) is 5.84. The molecule has 2 rings (SSSR count). The molecule has 0 bridgehead atoms. The van der Waals surface area contributed by atoms with Crippen molar-refractivity contribution in [2.45, 2.75) is 52.2 Å². The van der Waals surface area contributed by atoms with Gasteiger partial charge in [0, 0.05) is 10.0 Å². The molecule has 19 heavy (non-hydrogen) atoms. The normalized spacial score (nSPS) is 29.0. The maximum atomic E-state index is 9.83. The van der Waals surface area contributed by atoms with Gasteiger partial charge in [-0.3, -0.25) is 0 Å². The predicted molar refractivity (Wildman–Crippen MR) is 81.4 cm³/mol. The molecule has 0 heterocycles. The van der Waals surface area contributed by atoms with Gasteiger partial charge < -0.3 is 9.84 Å². The van der Waals surface area contributed by atoms with E-state index >= 15 is 0 Å². The van der Waals surface area contributed by atoms with E-state index in [1.807, 2.05) is 18.2 Å². The third-order valence-corrected chi connectivity index (χ3v) is 4.35.